The molecule has 2 aliphatic rings. The van der Waals surface area contributed by atoms with Gasteiger partial charge in [0.05, 0.1) is 17.8 Å². The lowest BCUT2D eigenvalue weighted by atomic mass is 10.0. The highest BCUT2D eigenvalue weighted by molar-refractivity contribution is 6.35. The van der Waals surface area contributed by atoms with E-state index in [-0.39, 0.29) is 23.8 Å². The Labute approximate surface area is 198 Å². The van der Waals surface area contributed by atoms with Crippen molar-refractivity contribution in [3.8, 4) is 0 Å². The van der Waals surface area contributed by atoms with Gasteiger partial charge in [-0.05, 0) is 62.2 Å². The molecule has 0 aromatic heterocycles. The minimum Gasteiger partial charge on any atom is -0.376 e. The highest BCUT2D eigenvalue weighted by Gasteiger charge is 2.28. The van der Waals surface area contributed by atoms with Crippen LogP contribution < -0.4 is 15.5 Å². The minimum atomic E-state index is -0.317. The number of anilines is 2. The number of hydrogen-bond acceptors (Lipinski definition) is 4. The summed E-state index contributed by atoms with van der Waals surface area (Å²) in [6.07, 6.45) is 3.16. The number of nitrogens with one attached hydrogen (secondary N) is 2. The van der Waals surface area contributed by atoms with Crippen molar-refractivity contribution >= 4 is 40.5 Å². The predicted octanol–water partition coefficient (Wildman–Crippen LogP) is 5.10. The molecule has 1 unspecified atom stereocenters. The minimum absolute atomic E-state index is 0.0434. The Morgan fingerprint density at radius 3 is 2.59 bits per heavy atom. The maximum absolute atomic E-state index is 14.6. The van der Waals surface area contributed by atoms with Crippen LogP contribution in [0.2, 0.25) is 10.0 Å². The summed E-state index contributed by atoms with van der Waals surface area (Å²) in [5.74, 6) is -0.109. The summed E-state index contributed by atoms with van der Waals surface area (Å²) in [5, 5.41) is 7.68. The van der Waals surface area contributed by atoms with Crippen molar-refractivity contribution in [3.63, 3.8) is 0 Å². The van der Waals surface area contributed by atoms with Gasteiger partial charge < -0.3 is 20.4 Å². The third-order valence-electron chi connectivity index (χ3n) is 6.32. The number of hydrogen-bond donors (Lipinski definition) is 2. The van der Waals surface area contributed by atoms with Gasteiger partial charge in [0, 0.05) is 41.9 Å². The number of halogens is 3. The molecular weight excluding hydrogens is 450 g/mol. The SMILES string of the molecule is C[C@@H](Nc1cc(N2CCN(C(=O)C3CCCCN3)CC2)ccc1F)c1ccc(Cl)cc1Cl. The van der Waals surface area contributed by atoms with Crippen molar-refractivity contribution in [2.45, 2.75) is 38.3 Å². The molecule has 1 amide bonds. The van der Waals surface area contributed by atoms with E-state index in [2.05, 4.69) is 15.5 Å². The fourth-order valence-electron chi connectivity index (χ4n) is 4.45. The van der Waals surface area contributed by atoms with Crippen LogP contribution in [-0.2, 0) is 4.79 Å². The Morgan fingerprint density at radius 1 is 1.12 bits per heavy atom. The molecular formula is C24H29Cl2FN4O. The first-order valence-corrected chi connectivity index (χ1v) is 12.0. The lowest BCUT2D eigenvalue weighted by molar-refractivity contribution is -0.134. The van der Waals surface area contributed by atoms with Gasteiger partial charge in [0.15, 0.2) is 0 Å². The van der Waals surface area contributed by atoms with Crippen molar-refractivity contribution < 1.29 is 9.18 Å². The molecule has 0 radical (unpaired) electrons. The van der Waals surface area contributed by atoms with Gasteiger partial charge in [0.25, 0.3) is 0 Å². The molecule has 2 N–H and O–H groups in total. The first kappa shape index (κ1) is 23.1. The van der Waals surface area contributed by atoms with Crippen LogP contribution in [0.5, 0.6) is 0 Å². The smallest absolute Gasteiger partial charge is 0.239 e. The molecule has 0 saturated carbocycles. The number of carbonyl (C=O) groups excluding carboxylic acids is 1. The topological polar surface area (TPSA) is 47.6 Å². The second-order valence-corrected chi connectivity index (χ2v) is 9.35. The maximum atomic E-state index is 14.6. The van der Waals surface area contributed by atoms with E-state index in [0.29, 0.717) is 28.8 Å². The first-order valence-electron chi connectivity index (χ1n) is 11.2. The Kier molecular flexibility index (Phi) is 7.44. The molecule has 2 heterocycles. The first-order chi connectivity index (χ1) is 15.4. The van der Waals surface area contributed by atoms with Gasteiger partial charge in [-0.15, -0.1) is 0 Å². The highest BCUT2D eigenvalue weighted by atomic mass is 35.5. The summed E-state index contributed by atoms with van der Waals surface area (Å²) in [6.45, 7) is 5.65. The van der Waals surface area contributed by atoms with Gasteiger partial charge in [-0.3, -0.25) is 4.79 Å². The maximum Gasteiger partial charge on any atom is 0.239 e. The predicted molar refractivity (Wildman–Crippen MR) is 129 cm³/mol. The van der Waals surface area contributed by atoms with E-state index in [4.69, 9.17) is 23.2 Å². The zero-order valence-electron chi connectivity index (χ0n) is 18.2. The van der Waals surface area contributed by atoms with E-state index in [9.17, 15) is 9.18 Å². The van der Waals surface area contributed by atoms with Gasteiger partial charge in [-0.2, -0.15) is 0 Å². The molecule has 4 rings (SSSR count). The number of amides is 1. The summed E-state index contributed by atoms with van der Waals surface area (Å²) >= 11 is 12.3. The normalized spacial score (nSPS) is 20.2. The lowest BCUT2D eigenvalue weighted by Gasteiger charge is -2.38. The average Bonchev–Trinajstić information content (AvgIpc) is 2.80. The number of piperidine rings is 1. The Morgan fingerprint density at radius 2 is 1.91 bits per heavy atom. The molecule has 2 aromatic rings. The van der Waals surface area contributed by atoms with Crippen LogP contribution in [0.15, 0.2) is 36.4 Å². The summed E-state index contributed by atoms with van der Waals surface area (Å²) in [6, 6.07) is 10.2. The van der Waals surface area contributed by atoms with Crippen LogP contribution in [0.1, 0.15) is 37.8 Å². The fraction of sp³-hybridized carbons (Fsp3) is 0.458. The Hall–Kier alpha value is -2.02. The summed E-state index contributed by atoms with van der Waals surface area (Å²) < 4.78 is 14.6. The molecule has 2 atom stereocenters. The number of nitrogens with zero attached hydrogens (tertiary/aromatic N) is 2. The molecule has 2 fully saturated rings. The van der Waals surface area contributed by atoms with E-state index in [1.165, 1.54) is 6.07 Å². The summed E-state index contributed by atoms with van der Waals surface area (Å²) in [5.41, 5.74) is 2.21. The van der Waals surface area contributed by atoms with Crippen molar-refractivity contribution in [1.82, 2.24) is 10.2 Å². The van der Waals surface area contributed by atoms with E-state index in [1.54, 1.807) is 18.2 Å². The number of piperazine rings is 1. The van der Waals surface area contributed by atoms with Gasteiger partial charge >= 0.3 is 0 Å². The average molecular weight is 479 g/mol. The number of carbonyl (C=O) groups is 1. The van der Waals surface area contributed by atoms with E-state index >= 15 is 0 Å². The molecule has 0 bridgehead atoms. The molecule has 5 nitrogen and oxygen atoms in total. The molecule has 32 heavy (non-hydrogen) atoms. The molecule has 2 aromatic carbocycles. The molecule has 0 aliphatic carbocycles. The molecule has 2 saturated heterocycles. The molecule has 0 spiro atoms. The third kappa shape index (κ3) is 5.30. The van der Waals surface area contributed by atoms with Crippen LogP contribution in [0.25, 0.3) is 0 Å². The monoisotopic (exact) mass is 478 g/mol. The molecule has 8 heteroatoms. The third-order valence-corrected chi connectivity index (χ3v) is 6.88. The van der Waals surface area contributed by atoms with Crippen LogP contribution in [0.3, 0.4) is 0 Å². The number of benzene rings is 2. The van der Waals surface area contributed by atoms with Crippen molar-refractivity contribution in [1.29, 1.82) is 0 Å². The highest BCUT2D eigenvalue weighted by Crippen LogP contribution is 2.31. The Bertz CT molecular complexity index is 959. The molecule has 172 valence electrons. The largest absolute Gasteiger partial charge is 0.376 e. The number of rotatable bonds is 5. The van der Waals surface area contributed by atoms with E-state index in [0.717, 1.165) is 50.1 Å². The van der Waals surface area contributed by atoms with Gasteiger partial charge in [-0.25, -0.2) is 4.39 Å². The van der Waals surface area contributed by atoms with E-state index < -0.39 is 0 Å². The van der Waals surface area contributed by atoms with Crippen LogP contribution >= 0.6 is 23.2 Å². The van der Waals surface area contributed by atoms with Gasteiger partial charge in [0.1, 0.15) is 5.82 Å². The second kappa shape index (κ2) is 10.3. The summed E-state index contributed by atoms with van der Waals surface area (Å²) in [4.78, 5) is 16.9. The lowest BCUT2D eigenvalue weighted by Crippen LogP contribution is -2.55. The van der Waals surface area contributed by atoms with Crippen LogP contribution in [0, 0.1) is 5.82 Å². The standard InChI is InChI=1S/C24H29Cl2FN4O/c1-16(19-7-5-17(25)14-20(19)26)29-23-15-18(6-8-21(23)27)30-10-12-31(13-11-30)24(32)22-4-2-3-9-28-22/h5-8,14-16,22,28-29H,2-4,9-13H2,1H3/t16-,22?/m1/s1. The Balaban J connectivity index is 1.40. The van der Waals surface area contributed by atoms with Crippen molar-refractivity contribution in [3.05, 3.63) is 57.8 Å². The zero-order chi connectivity index (χ0) is 22.7. The van der Waals surface area contributed by atoms with Crippen molar-refractivity contribution in [2.75, 3.05) is 42.9 Å². The van der Waals surface area contributed by atoms with Crippen molar-refractivity contribution in [2.24, 2.45) is 0 Å². The second-order valence-electron chi connectivity index (χ2n) is 8.51. The van der Waals surface area contributed by atoms with E-state index in [1.807, 2.05) is 24.0 Å². The zero-order valence-corrected chi connectivity index (χ0v) is 19.7. The summed E-state index contributed by atoms with van der Waals surface area (Å²) in [7, 11) is 0. The van der Waals surface area contributed by atoms with Crippen LogP contribution in [-0.4, -0.2) is 49.6 Å². The van der Waals surface area contributed by atoms with Gasteiger partial charge in [0.2, 0.25) is 5.91 Å². The quantitative estimate of drug-likeness (QED) is 0.627. The van der Waals surface area contributed by atoms with Gasteiger partial charge in [-0.1, -0.05) is 35.7 Å². The molecule has 2 aliphatic heterocycles. The fourth-order valence-corrected chi connectivity index (χ4v) is 5.02. The van der Waals surface area contributed by atoms with Crippen LogP contribution in [0.4, 0.5) is 15.8 Å².